The molecule has 3 heterocycles. The molecule has 12 nitrogen and oxygen atoms in total. The number of nitrogens with one attached hydrogen (secondary N) is 2. The third kappa shape index (κ3) is 6.04. The molecule has 3 N–H and O–H groups in total. The van der Waals surface area contributed by atoms with E-state index in [9.17, 15) is 14.4 Å². The molecule has 0 atom stereocenters. The maximum Gasteiger partial charge on any atom is 0.328 e. The quantitative estimate of drug-likeness (QED) is 0.199. The molecule has 2 aliphatic rings. The zero-order valence-corrected chi connectivity index (χ0v) is 26.3. The second kappa shape index (κ2) is 12.9. The van der Waals surface area contributed by atoms with Crippen molar-refractivity contribution in [2.45, 2.75) is 62.8 Å². The van der Waals surface area contributed by atoms with E-state index in [0.717, 1.165) is 61.2 Å². The summed E-state index contributed by atoms with van der Waals surface area (Å²) in [4.78, 5) is 55.9. The van der Waals surface area contributed by atoms with E-state index < -0.39 is 17.4 Å². The zero-order chi connectivity index (χ0) is 32.4. The summed E-state index contributed by atoms with van der Waals surface area (Å²) < 4.78 is 7.28. The van der Waals surface area contributed by atoms with Crippen LogP contribution in [0.2, 0.25) is 5.02 Å². The van der Waals surface area contributed by atoms with Gasteiger partial charge in [-0.05, 0) is 55.4 Å². The van der Waals surface area contributed by atoms with Crippen molar-refractivity contribution in [1.29, 1.82) is 0 Å². The number of aromatic nitrogens is 5. The number of benzene rings is 1. The number of aryl methyl sites for hydroxylation is 1. The topological polar surface area (TPSA) is 161 Å². The lowest BCUT2D eigenvalue weighted by Gasteiger charge is -2.29. The standard InChI is InChI=1S/C33H34ClN7O5/c1-41-24-15-20(9-10-22(24)27(19-7-3-4-8-19)28(41)29-36-16-21(34)17-37-29)30(44)40-33(13-5-6-14-33)32(45)39-25-18-35-23(11-12-26(42)43)31(38-25)46-2/h9-12,15-19H,3-8,13-14H2,1-2H3,(H,40,44)(H,42,43)(H,38,39,45)/b12-11+. The molecule has 3 aromatic heterocycles. The van der Waals surface area contributed by atoms with Gasteiger partial charge in [-0.25, -0.2) is 19.7 Å². The fraction of sp³-hybridized carbons (Fsp3) is 0.364. The van der Waals surface area contributed by atoms with Crippen LogP contribution in [0.3, 0.4) is 0 Å². The van der Waals surface area contributed by atoms with Crippen LogP contribution in [0.1, 0.15) is 78.9 Å². The van der Waals surface area contributed by atoms with Gasteiger partial charge in [-0.15, -0.1) is 0 Å². The molecule has 0 aliphatic heterocycles. The number of anilines is 1. The fourth-order valence-electron chi connectivity index (χ4n) is 6.71. The van der Waals surface area contributed by atoms with Gasteiger partial charge in [-0.3, -0.25) is 9.59 Å². The number of ether oxygens (including phenoxy) is 1. The molecule has 238 valence electrons. The summed E-state index contributed by atoms with van der Waals surface area (Å²) in [6.45, 7) is 0. The highest BCUT2D eigenvalue weighted by Gasteiger charge is 2.43. The van der Waals surface area contributed by atoms with E-state index >= 15 is 0 Å². The molecule has 2 fully saturated rings. The number of hydrogen-bond acceptors (Lipinski definition) is 8. The molecule has 0 bridgehead atoms. The van der Waals surface area contributed by atoms with Crippen LogP contribution in [0.5, 0.6) is 5.88 Å². The van der Waals surface area contributed by atoms with Crippen LogP contribution in [0.25, 0.3) is 28.5 Å². The van der Waals surface area contributed by atoms with Gasteiger partial charge in [-0.2, -0.15) is 4.98 Å². The van der Waals surface area contributed by atoms with Crippen LogP contribution in [0.15, 0.2) is 42.9 Å². The number of methoxy groups -OCH3 is 1. The number of amides is 2. The van der Waals surface area contributed by atoms with Crippen molar-refractivity contribution in [1.82, 2.24) is 29.8 Å². The summed E-state index contributed by atoms with van der Waals surface area (Å²) in [5.74, 6) is -0.779. The number of aliphatic carboxylic acids is 1. The van der Waals surface area contributed by atoms with E-state index in [1.807, 2.05) is 29.8 Å². The molecular weight excluding hydrogens is 610 g/mol. The molecule has 0 spiro atoms. The first kappa shape index (κ1) is 31.2. The van der Waals surface area contributed by atoms with E-state index in [1.165, 1.54) is 24.9 Å². The van der Waals surface area contributed by atoms with E-state index in [4.69, 9.17) is 21.4 Å². The number of carboxylic acids is 1. The summed E-state index contributed by atoms with van der Waals surface area (Å²) in [6, 6.07) is 5.66. The first-order chi connectivity index (χ1) is 22.2. The van der Waals surface area contributed by atoms with Crippen LogP contribution in [0.4, 0.5) is 5.82 Å². The van der Waals surface area contributed by atoms with Gasteiger partial charge in [0.05, 0.1) is 24.0 Å². The molecule has 46 heavy (non-hydrogen) atoms. The van der Waals surface area contributed by atoms with Crippen molar-refractivity contribution in [2.24, 2.45) is 7.05 Å². The Hall–Kier alpha value is -4.84. The molecule has 2 saturated carbocycles. The fourth-order valence-corrected chi connectivity index (χ4v) is 6.81. The summed E-state index contributed by atoms with van der Waals surface area (Å²) in [5.41, 5.74) is 2.48. The minimum Gasteiger partial charge on any atom is -0.479 e. The van der Waals surface area contributed by atoms with Crippen molar-refractivity contribution in [3.8, 4) is 17.4 Å². The molecule has 13 heteroatoms. The number of carbonyl (C=O) groups excluding carboxylic acids is 2. The average molecular weight is 644 g/mol. The number of hydrogen-bond donors (Lipinski definition) is 3. The van der Waals surface area contributed by atoms with Gasteiger partial charge in [0.25, 0.3) is 11.8 Å². The lowest BCUT2D eigenvalue weighted by Crippen LogP contribution is -2.55. The van der Waals surface area contributed by atoms with Gasteiger partial charge in [0, 0.05) is 42.0 Å². The Morgan fingerprint density at radius 3 is 2.46 bits per heavy atom. The zero-order valence-electron chi connectivity index (χ0n) is 25.5. The number of halogens is 1. The van der Waals surface area contributed by atoms with E-state index in [0.29, 0.717) is 35.2 Å². The Balaban J connectivity index is 1.29. The monoisotopic (exact) mass is 643 g/mol. The van der Waals surface area contributed by atoms with Crippen LogP contribution in [-0.4, -0.2) is 60.0 Å². The van der Waals surface area contributed by atoms with E-state index in [2.05, 4.69) is 30.6 Å². The number of rotatable bonds is 9. The molecule has 1 aromatic carbocycles. The third-order valence-electron chi connectivity index (χ3n) is 8.93. The van der Waals surface area contributed by atoms with Crippen LogP contribution in [-0.2, 0) is 16.6 Å². The van der Waals surface area contributed by atoms with Crippen molar-refractivity contribution >= 4 is 52.2 Å². The maximum absolute atomic E-state index is 13.8. The molecule has 2 aliphatic carbocycles. The first-order valence-electron chi connectivity index (χ1n) is 15.3. The normalized spacial score (nSPS) is 16.2. The van der Waals surface area contributed by atoms with Crippen LogP contribution in [0, 0.1) is 0 Å². The number of carboxylic acid groups (broad SMARTS) is 1. The highest BCUT2D eigenvalue weighted by molar-refractivity contribution is 6.30. The van der Waals surface area contributed by atoms with Gasteiger partial charge >= 0.3 is 5.97 Å². The molecule has 2 amide bonds. The molecule has 0 saturated heterocycles. The predicted molar refractivity (Wildman–Crippen MR) is 173 cm³/mol. The Morgan fingerprint density at radius 2 is 1.78 bits per heavy atom. The second-order valence-corrected chi connectivity index (χ2v) is 12.2. The Kier molecular flexibility index (Phi) is 8.72. The summed E-state index contributed by atoms with van der Waals surface area (Å²) >= 11 is 6.09. The maximum atomic E-state index is 13.8. The van der Waals surface area contributed by atoms with Gasteiger partial charge < -0.3 is 25.0 Å². The molecule has 6 rings (SSSR count). The smallest absolute Gasteiger partial charge is 0.328 e. The van der Waals surface area contributed by atoms with Crippen LogP contribution >= 0.6 is 11.6 Å². The van der Waals surface area contributed by atoms with Gasteiger partial charge in [0.2, 0.25) is 5.88 Å². The number of fused-ring (bicyclic) bond motifs is 1. The lowest BCUT2D eigenvalue weighted by atomic mass is 9.93. The molecule has 0 unspecified atom stereocenters. The SMILES string of the molecule is COc1nc(NC(=O)C2(NC(=O)c3ccc4c(C5CCCC5)c(-c5ncc(Cl)cn5)n(C)c4c3)CCCC2)cnc1/C=C/C(=O)O. The Bertz CT molecular complexity index is 1840. The molecular formula is C33H34ClN7O5. The van der Waals surface area contributed by atoms with Gasteiger partial charge in [0.15, 0.2) is 11.6 Å². The van der Waals surface area contributed by atoms with Crippen molar-refractivity contribution in [3.05, 3.63) is 64.7 Å². The van der Waals surface area contributed by atoms with Gasteiger partial charge in [-0.1, -0.05) is 43.4 Å². The van der Waals surface area contributed by atoms with Gasteiger partial charge in [0.1, 0.15) is 11.2 Å². The number of nitrogens with zero attached hydrogens (tertiary/aromatic N) is 5. The van der Waals surface area contributed by atoms with Crippen molar-refractivity contribution in [2.75, 3.05) is 12.4 Å². The van der Waals surface area contributed by atoms with Crippen molar-refractivity contribution < 1.29 is 24.2 Å². The third-order valence-corrected chi connectivity index (χ3v) is 9.12. The van der Waals surface area contributed by atoms with E-state index in [-0.39, 0.29) is 23.3 Å². The van der Waals surface area contributed by atoms with Crippen molar-refractivity contribution in [3.63, 3.8) is 0 Å². The highest BCUT2D eigenvalue weighted by atomic mass is 35.5. The Morgan fingerprint density at radius 1 is 1.07 bits per heavy atom. The lowest BCUT2D eigenvalue weighted by molar-refractivity contribution is -0.131. The van der Waals surface area contributed by atoms with E-state index in [1.54, 1.807) is 12.4 Å². The minimum absolute atomic E-state index is 0.0519. The largest absolute Gasteiger partial charge is 0.479 e. The summed E-state index contributed by atoms with van der Waals surface area (Å²) in [7, 11) is 3.33. The molecule has 0 radical (unpaired) electrons. The molecule has 4 aromatic rings. The van der Waals surface area contributed by atoms with Crippen LogP contribution < -0.4 is 15.4 Å². The average Bonchev–Trinajstić information content (AvgIpc) is 3.81. The number of carbonyl (C=O) groups is 3. The predicted octanol–water partition coefficient (Wildman–Crippen LogP) is 5.52. The first-order valence-corrected chi connectivity index (χ1v) is 15.6. The summed E-state index contributed by atoms with van der Waals surface area (Å²) in [6.07, 6.45) is 13.6. The minimum atomic E-state index is -1.14. The Labute approximate surface area is 270 Å². The summed E-state index contributed by atoms with van der Waals surface area (Å²) in [5, 5.41) is 16.3. The second-order valence-electron chi connectivity index (χ2n) is 11.8. The highest BCUT2D eigenvalue weighted by Crippen LogP contribution is 2.44.